The molecule has 1 aromatic heterocycles. The minimum Gasteiger partial charge on any atom is -0.507 e. The highest BCUT2D eigenvalue weighted by Crippen LogP contribution is 2.41. The van der Waals surface area contributed by atoms with Gasteiger partial charge in [0.2, 0.25) is 0 Å². The van der Waals surface area contributed by atoms with Gasteiger partial charge in [0.25, 0.3) is 11.7 Å². The fourth-order valence-corrected chi connectivity index (χ4v) is 4.28. The average Bonchev–Trinajstić information content (AvgIpc) is 3.50. The monoisotopic (exact) mass is 489 g/mol. The van der Waals surface area contributed by atoms with Crippen LogP contribution in [0, 0.1) is 0 Å². The smallest absolute Gasteiger partial charge is 0.296 e. The summed E-state index contributed by atoms with van der Waals surface area (Å²) in [5.41, 5.74) is 1.15. The summed E-state index contributed by atoms with van der Waals surface area (Å²) < 4.78 is 16.7. The van der Waals surface area contributed by atoms with Gasteiger partial charge < -0.3 is 23.9 Å². The van der Waals surface area contributed by atoms with Crippen LogP contribution in [0.1, 0.15) is 56.0 Å². The summed E-state index contributed by atoms with van der Waals surface area (Å²) in [6, 6.07) is 16.8. The van der Waals surface area contributed by atoms with Gasteiger partial charge in [0.05, 0.1) is 37.6 Å². The number of ether oxygens (including phenoxy) is 2. The highest BCUT2D eigenvalue weighted by Gasteiger charge is 2.46. The molecule has 0 radical (unpaired) electrons. The molecule has 1 amide bonds. The quantitative estimate of drug-likeness (QED) is 0.157. The maximum atomic E-state index is 13.2. The highest BCUT2D eigenvalue weighted by atomic mass is 16.5. The number of unbranched alkanes of at least 4 members (excludes halogenated alkanes) is 2. The third kappa shape index (κ3) is 5.46. The van der Waals surface area contributed by atoms with E-state index in [1.807, 2.05) is 31.2 Å². The van der Waals surface area contributed by atoms with E-state index in [4.69, 9.17) is 13.9 Å². The van der Waals surface area contributed by atoms with E-state index in [9.17, 15) is 14.7 Å². The summed E-state index contributed by atoms with van der Waals surface area (Å²) in [5.74, 6) is 0.242. The number of rotatable bonds is 11. The van der Waals surface area contributed by atoms with E-state index in [0.717, 1.165) is 19.3 Å². The van der Waals surface area contributed by atoms with Gasteiger partial charge in [-0.1, -0.05) is 31.9 Å². The lowest BCUT2D eigenvalue weighted by Gasteiger charge is -2.24. The van der Waals surface area contributed by atoms with Crippen molar-refractivity contribution in [3.63, 3.8) is 0 Å². The molecule has 188 valence electrons. The molecule has 0 saturated carbocycles. The van der Waals surface area contributed by atoms with Crippen molar-refractivity contribution in [1.29, 1.82) is 0 Å². The Labute approximate surface area is 210 Å². The van der Waals surface area contributed by atoms with Crippen LogP contribution in [0.2, 0.25) is 0 Å². The van der Waals surface area contributed by atoms with Crippen LogP contribution in [0.4, 0.5) is 0 Å². The van der Waals surface area contributed by atoms with E-state index in [-0.39, 0.29) is 17.9 Å². The van der Waals surface area contributed by atoms with E-state index in [0.29, 0.717) is 41.6 Å². The largest absolute Gasteiger partial charge is 0.507 e. The van der Waals surface area contributed by atoms with Crippen LogP contribution >= 0.6 is 0 Å². The minimum absolute atomic E-state index is 0.0346. The molecule has 1 saturated heterocycles. The first-order valence-electron chi connectivity index (χ1n) is 12.3. The first-order chi connectivity index (χ1) is 17.5. The SMILES string of the molecule is CCCCCOc1ccc(C2/C(=C(/O)c3ccc(OCC)cc3)C(=O)C(=O)N2Cc2ccco2)cc1. The Bertz CT molecular complexity index is 1200. The summed E-state index contributed by atoms with van der Waals surface area (Å²) in [6.07, 6.45) is 4.71. The third-order valence-corrected chi connectivity index (χ3v) is 6.10. The van der Waals surface area contributed by atoms with E-state index in [1.54, 1.807) is 36.4 Å². The summed E-state index contributed by atoms with van der Waals surface area (Å²) >= 11 is 0. The van der Waals surface area contributed by atoms with Gasteiger partial charge in [0.1, 0.15) is 23.0 Å². The molecule has 1 unspecified atom stereocenters. The molecular weight excluding hydrogens is 458 g/mol. The fourth-order valence-electron chi connectivity index (χ4n) is 4.28. The maximum absolute atomic E-state index is 13.2. The van der Waals surface area contributed by atoms with Crippen molar-refractivity contribution in [2.24, 2.45) is 0 Å². The van der Waals surface area contributed by atoms with Crippen molar-refractivity contribution < 1.29 is 28.6 Å². The number of aliphatic hydroxyl groups excluding tert-OH is 1. The Morgan fingerprint density at radius 2 is 1.64 bits per heavy atom. The number of hydrogen-bond acceptors (Lipinski definition) is 6. The van der Waals surface area contributed by atoms with Gasteiger partial charge in [-0.3, -0.25) is 9.59 Å². The van der Waals surface area contributed by atoms with Crippen LogP contribution < -0.4 is 9.47 Å². The van der Waals surface area contributed by atoms with Gasteiger partial charge in [-0.2, -0.15) is 0 Å². The number of benzene rings is 2. The Morgan fingerprint density at radius 3 is 2.28 bits per heavy atom. The summed E-state index contributed by atoms with van der Waals surface area (Å²) in [5, 5.41) is 11.2. The molecule has 0 aliphatic carbocycles. The molecule has 36 heavy (non-hydrogen) atoms. The molecule has 1 fully saturated rings. The van der Waals surface area contributed by atoms with E-state index >= 15 is 0 Å². The predicted octanol–water partition coefficient (Wildman–Crippen LogP) is 5.87. The zero-order chi connectivity index (χ0) is 25.5. The number of nitrogens with zero attached hydrogens (tertiary/aromatic N) is 1. The molecule has 1 aliphatic heterocycles. The standard InChI is InChI=1S/C29H31NO6/c1-3-5-6-17-35-23-13-9-20(10-14-23)26-25(27(31)21-11-15-22(16-12-21)34-4-2)28(32)29(33)30(26)19-24-8-7-18-36-24/h7-16,18,26,31H,3-6,17,19H2,1-2H3/b27-25-. The third-order valence-electron chi connectivity index (χ3n) is 6.10. The Hall–Kier alpha value is -4.00. The van der Waals surface area contributed by atoms with Crippen LogP contribution in [0.5, 0.6) is 11.5 Å². The topological polar surface area (TPSA) is 89.2 Å². The minimum atomic E-state index is -0.782. The van der Waals surface area contributed by atoms with Crippen molar-refractivity contribution in [3.05, 3.63) is 89.4 Å². The van der Waals surface area contributed by atoms with E-state index in [2.05, 4.69) is 6.92 Å². The van der Waals surface area contributed by atoms with Crippen molar-refractivity contribution >= 4 is 17.4 Å². The fraction of sp³-hybridized carbons (Fsp3) is 0.310. The van der Waals surface area contributed by atoms with Crippen molar-refractivity contribution in [2.45, 2.75) is 45.7 Å². The van der Waals surface area contributed by atoms with Crippen LogP contribution in [-0.2, 0) is 16.1 Å². The average molecular weight is 490 g/mol. The molecule has 0 bridgehead atoms. The predicted molar refractivity (Wildman–Crippen MR) is 136 cm³/mol. The molecule has 2 aromatic carbocycles. The Balaban J connectivity index is 1.70. The number of carbonyl (C=O) groups is 2. The van der Waals surface area contributed by atoms with Crippen LogP contribution in [0.3, 0.4) is 0 Å². The Morgan fingerprint density at radius 1 is 0.944 bits per heavy atom. The number of hydrogen-bond donors (Lipinski definition) is 1. The number of aliphatic hydroxyl groups is 1. The number of likely N-dealkylation sites (tertiary alicyclic amines) is 1. The molecule has 4 rings (SSSR count). The normalized spacial score (nSPS) is 16.9. The second kappa shape index (κ2) is 11.6. The van der Waals surface area contributed by atoms with Crippen molar-refractivity contribution in [1.82, 2.24) is 4.90 Å². The number of furan rings is 1. The van der Waals surface area contributed by atoms with Gasteiger partial charge in [-0.05, 0) is 67.4 Å². The summed E-state index contributed by atoms with van der Waals surface area (Å²) in [7, 11) is 0. The van der Waals surface area contributed by atoms with Crippen LogP contribution in [-0.4, -0.2) is 34.9 Å². The Kier molecular flexibility index (Phi) is 8.10. The first kappa shape index (κ1) is 25.1. The maximum Gasteiger partial charge on any atom is 0.296 e. The van der Waals surface area contributed by atoms with Gasteiger partial charge in [0.15, 0.2) is 0 Å². The lowest BCUT2D eigenvalue weighted by atomic mass is 9.95. The highest BCUT2D eigenvalue weighted by molar-refractivity contribution is 6.46. The van der Waals surface area contributed by atoms with Gasteiger partial charge in [0, 0.05) is 5.56 Å². The lowest BCUT2D eigenvalue weighted by Crippen LogP contribution is -2.29. The molecule has 3 aromatic rings. The van der Waals surface area contributed by atoms with Gasteiger partial charge in [-0.15, -0.1) is 0 Å². The molecule has 2 heterocycles. The molecule has 1 aliphatic rings. The molecule has 7 nitrogen and oxygen atoms in total. The molecule has 1 N–H and O–H groups in total. The molecule has 0 spiro atoms. The van der Waals surface area contributed by atoms with Crippen molar-refractivity contribution in [3.8, 4) is 11.5 Å². The number of amides is 1. The second-order valence-electron chi connectivity index (χ2n) is 8.59. The summed E-state index contributed by atoms with van der Waals surface area (Å²) in [4.78, 5) is 27.7. The van der Waals surface area contributed by atoms with Gasteiger partial charge >= 0.3 is 0 Å². The zero-order valence-electron chi connectivity index (χ0n) is 20.6. The van der Waals surface area contributed by atoms with E-state index < -0.39 is 17.7 Å². The lowest BCUT2D eigenvalue weighted by molar-refractivity contribution is -0.140. The zero-order valence-corrected chi connectivity index (χ0v) is 20.6. The molecule has 1 atom stereocenters. The van der Waals surface area contributed by atoms with Crippen LogP contribution in [0.25, 0.3) is 5.76 Å². The van der Waals surface area contributed by atoms with E-state index in [1.165, 1.54) is 11.2 Å². The van der Waals surface area contributed by atoms with Crippen LogP contribution in [0.15, 0.2) is 76.9 Å². The number of Topliss-reactive ketones (excluding diaryl/α,β-unsaturated/α-hetero) is 1. The molecular formula is C29H31NO6. The number of carbonyl (C=O) groups excluding carboxylic acids is 2. The summed E-state index contributed by atoms with van der Waals surface area (Å²) in [6.45, 7) is 5.26. The number of ketones is 1. The molecule has 7 heteroatoms. The van der Waals surface area contributed by atoms with Gasteiger partial charge in [-0.25, -0.2) is 0 Å². The van der Waals surface area contributed by atoms with Crippen molar-refractivity contribution in [2.75, 3.05) is 13.2 Å². The first-order valence-corrected chi connectivity index (χ1v) is 12.3. The second-order valence-corrected chi connectivity index (χ2v) is 8.59.